The molecule has 0 amide bonds. The first-order valence-corrected chi connectivity index (χ1v) is 8.78. The highest BCUT2D eigenvalue weighted by Gasteiger charge is 2.14. The van der Waals surface area contributed by atoms with Gasteiger partial charge in [-0.2, -0.15) is 0 Å². The molecule has 124 valence electrons. The van der Waals surface area contributed by atoms with Crippen molar-refractivity contribution in [1.29, 1.82) is 0 Å². The summed E-state index contributed by atoms with van der Waals surface area (Å²) in [6.45, 7) is 13.2. The van der Waals surface area contributed by atoms with E-state index in [0.717, 1.165) is 11.5 Å². The first kappa shape index (κ1) is 17.8. The minimum absolute atomic E-state index is 0.0460. The summed E-state index contributed by atoms with van der Waals surface area (Å²) >= 11 is 0. The van der Waals surface area contributed by atoms with Gasteiger partial charge in [-0.15, -0.1) is 0 Å². The van der Waals surface area contributed by atoms with Crippen LogP contribution in [0.15, 0.2) is 48.5 Å². The van der Waals surface area contributed by atoms with Crippen molar-refractivity contribution in [2.45, 2.75) is 52.4 Å². The van der Waals surface area contributed by atoms with Crippen molar-refractivity contribution >= 4 is 9.03 Å². The molecule has 2 nitrogen and oxygen atoms in total. The van der Waals surface area contributed by atoms with Crippen LogP contribution in [0.4, 0.5) is 0 Å². The van der Waals surface area contributed by atoms with Crippen molar-refractivity contribution in [2.75, 3.05) is 0 Å². The predicted octanol–water partition coefficient (Wildman–Crippen LogP) is 6.25. The Labute approximate surface area is 142 Å². The molecule has 2 aromatic rings. The summed E-state index contributed by atoms with van der Waals surface area (Å²) < 4.78 is 11.4. The van der Waals surface area contributed by atoms with Crippen molar-refractivity contribution < 1.29 is 9.05 Å². The first-order chi connectivity index (χ1) is 10.7. The zero-order valence-corrected chi connectivity index (χ0v) is 15.9. The van der Waals surface area contributed by atoms with Crippen LogP contribution >= 0.6 is 9.03 Å². The Balaban J connectivity index is 1.87. The molecule has 3 heteroatoms. The van der Waals surface area contributed by atoms with Gasteiger partial charge < -0.3 is 9.05 Å². The molecular formula is C20H27O2P. The lowest BCUT2D eigenvalue weighted by Crippen LogP contribution is -2.10. The number of rotatable bonds is 4. The maximum atomic E-state index is 5.68. The summed E-state index contributed by atoms with van der Waals surface area (Å²) in [6.07, 6.45) is 0. The second kappa shape index (κ2) is 6.93. The van der Waals surface area contributed by atoms with E-state index in [0.29, 0.717) is 0 Å². The number of hydrogen-bond acceptors (Lipinski definition) is 2. The van der Waals surface area contributed by atoms with Gasteiger partial charge in [0.05, 0.1) is 0 Å². The van der Waals surface area contributed by atoms with Gasteiger partial charge in [-0.25, -0.2) is 0 Å². The maximum absolute atomic E-state index is 5.68. The summed E-state index contributed by atoms with van der Waals surface area (Å²) in [5.74, 6) is 1.67. The molecule has 0 N–H and O–H groups in total. The molecule has 0 saturated carbocycles. The molecule has 0 aliphatic heterocycles. The highest BCUT2D eigenvalue weighted by Crippen LogP contribution is 2.30. The maximum Gasteiger partial charge on any atom is 0.275 e. The van der Waals surface area contributed by atoms with Gasteiger partial charge in [-0.1, -0.05) is 65.8 Å². The Morgan fingerprint density at radius 2 is 0.870 bits per heavy atom. The third kappa shape index (κ3) is 5.25. The fraction of sp³-hybridized carbons (Fsp3) is 0.400. The molecule has 0 radical (unpaired) electrons. The van der Waals surface area contributed by atoms with E-state index in [1.54, 1.807) is 0 Å². The normalized spacial score (nSPS) is 12.1. The van der Waals surface area contributed by atoms with Gasteiger partial charge in [-0.3, -0.25) is 0 Å². The van der Waals surface area contributed by atoms with Gasteiger partial charge in [0.2, 0.25) is 0 Å². The summed E-state index contributed by atoms with van der Waals surface area (Å²) in [4.78, 5) is 0. The Hall–Kier alpha value is -1.53. The lowest BCUT2D eigenvalue weighted by atomic mass is 9.87. The largest absolute Gasteiger partial charge is 0.441 e. The second-order valence-corrected chi connectivity index (χ2v) is 8.41. The summed E-state index contributed by atoms with van der Waals surface area (Å²) in [5, 5.41) is 0. The molecule has 0 bridgehead atoms. The van der Waals surface area contributed by atoms with Gasteiger partial charge in [0.15, 0.2) is 0 Å². The molecule has 0 saturated heterocycles. The summed E-state index contributed by atoms with van der Waals surface area (Å²) in [5.41, 5.74) is 2.91. The van der Waals surface area contributed by atoms with Gasteiger partial charge in [0.1, 0.15) is 11.5 Å². The predicted molar refractivity (Wildman–Crippen MR) is 99.9 cm³/mol. The summed E-state index contributed by atoms with van der Waals surface area (Å²) in [6, 6.07) is 16.4. The lowest BCUT2D eigenvalue weighted by Gasteiger charge is -2.19. The topological polar surface area (TPSA) is 18.5 Å². The van der Waals surface area contributed by atoms with Crippen LogP contribution in [-0.2, 0) is 10.8 Å². The van der Waals surface area contributed by atoms with Crippen LogP contribution in [0.25, 0.3) is 0 Å². The highest BCUT2D eigenvalue weighted by molar-refractivity contribution is 7.27. The van der Waals surface area contributed by atoms with Crippen LogP contribution in [-0.4, -0.2) is 0 Å². The van der Waals surface area contributed by atoms with Crippen LogP contribution < -0.4 is 9.05 Å². The number of hydrogen-bond donors (Lipinski definition) is 0. The Bertz CT molecular complexity index is 559. The molecule has 2 rings (SSSR count). The third-order valence-corrected chi connectivity index (χ3v) is 4.40. The van der Waals surface area contributed by atoms with Crippen molar-refractivity contribution in [3.63, 3.8) is 0 Å². The Morgan fingerprint density at radius 3 is 1.13 bits per heavy atom. The average molecular weight is 330 g/mol. The second-order valence-electron chi connectivity index (χ2n) is 7.84. The van der Waals surface area contributed by atoms with Crippen molar-refractivity contribution in [3.8, 4) is 11.5 Å². The Kier molecular flexibility index (Phi) is 5.37. The molecule has 0 unspecified atom stereocenters. The van der Waals surface area contributed by atoms with Crippen molar-refractivity contribution in [3.05, 3.63) is 59.7 Å². The molecule has 0 atom stereocenters. The van der Waals surface area contributed by atoms with E-state index in [4.69, 9.17) is 9.05 Å². The van der Waals surface area contributed by atoms with E-state index in [-0.39, 0.29) is 19.9 Å². The summed E-state index contributed by atoms with van der Waals surface area (Å²) in [7, 11) is -0.0460. The van der Waals surface area contributed by atoms with E-state index in [1.165, 1.54) is 11.1 Å². The van der Waals surface area contributed by atoms with E-state index in [9.17, 15) is 0 Å². The minimum atomic E-state index is -0.0460. The average Bonchev–Trinajstić information content (AvgIpc) is 2.46. The zero-order valence-electron chi connectivity index (χ0n) is 14.9. The van der Waals surface area contributed by atoms with Crippen LogP contribution in [0, 0.1) is 0 Å². The van der Waals surface area contributed by atoms with Gasteiger partial charge in [-0.05, 0) is 46.2 Å². The molecule has 23 heavy (non-hydrogen) atoms. The standard InChI is InChI=1S/C20H27O2P/c1-19(2,3)15-7-11-17(12-8-15)21-23-22-18-13-9-16(10-14-18)20(4,5)6/h7-14,23H,1-6H3. The van der Waals surface area contributed by atoms with Crippen molar-refractivity contribution in [2.24, 2.45) is 0 Å². The van der Waals surface area contributed by atoms with Crippen LogP contribution in [0.5, 0.6) is 11.5 Å². The molecule has 0 spiro atoms. The van der Waals surface area contributed by atoms with Crippen molar-refractivity contribution in [1.82, 2.24) is 0 Å². The van der Waals surface area contributed by atoms with Gasteiger partial charge in [0.25, 0.3) is 9.03 Å². The molecule has 2 aromatic carbocycles. The zero-order chi connectivity index (χ0) is 17.1. The van der Waals surface area contributed by atoms with E-state index in [1.807, 2.05) is 24.3 Å². The SMILES string of the molecule is CC(C)(C)c1ccc(OPOc2ccc(C(C)(C)C)cc2)cc1. The van der Waals surface area contributed by atoms with E-state index < -0.39 is 0 Å². The third-order valence-electron chi connectivity index (χ3n) is 3.76. The smallest absolute Gasteiger partial charge is 0.275 e. The Morgan fingerprint density at radius 1 is 0.565 bits per heavy atom. The number of benzene rings is 2. The molecule has 0 aliphatic rings. The fourth-order valence-corrected chi connectivity index (χ4v) is 2.67. The molecule has 0 aromatic heterocycles. The highest BCUT2D eigenvalue weighted by atomic mass is 31.1. The lowest BCUT2D eigenvalue weighted by molar-refractivity contribution is 0.514. The van der Waals surface area contributed by atoms with E-state index in [2.05, 4.69) is 65.8 Å². The fourth-order valence-electron chi connectivity index (χ4n) is 2.16. The molecule has 0 heterocycles. The quantitative estimate of drug-likeness (QED) is 0.617. The van der Waals surface area contributed by atoms with Crippen LogP contribution in [0.1, 0.15) is 52.7 Å². The first-order valence-electron chi connectivity index (χ1n) is 7.96. The molecule has 0 fully saturated rings. The monoisotopic (exact) mass is 330 g/mol. The van der Waals surface area contributed by atoms with Crippen LogP contribution in [0.2, 0.25) is 0 Å². The van der Waals surface area contributed by atoms with Crippen LogP contribution in [0.3, 0.4) is 0 Å². The van der Waals surface area contributed by atoms with Gasteiger partial charge >= 0.3 is 0 Å². The van der Waals surface area contributed by atoms with Gasteiger partial charge in [0, 0.05) is 0 Å². The van der Waals surface area contributed by atoms with E-state index >= 15 is 0 Å². The molecular weight excluding hydrogens is 303 g/mol. The minimum Gasteiger partial charge on any atom is -0.441 e. The molecule has 0 aliphatic carbocycles.